The largest absolute Gasteiger partial charge is 1.00 e. The first kappa shape index (κ1) is 15.7. The smallest absolute Gasteiger partial charge is 0.416 e. The van der Waals surface area contributed by atoms with Gasteiger partial charge in [-0.2, -0.15) is 31.9 Å². The average molecular weight is 279 g/mol. The molecule has 0 aliphatic carbocycles. The summed E-state index contributed by atoms with van der Waals surface area (Å²) in [4.78, 5) is 0. The van der Waals surface area contributed by atoms with E-state index < -0.39 is 29.2 Å². The summed E-state index contributed by atoms with van der Waals surface area (Å²) < 4.78 is 73.3. The summed E-state index contributed by atoms with van der Waals surface area (Å²) in [6.07, 6.45) is -9.75. The standard InChI is InChI=1S/C8H4F6N2.ClH/c9-7(10,11)4-1-5(8(12,13)14)3-6(2-4)16-15;/h1-3,15H;1H. The molecule has 0 heterocycles. The molecule has 2 N–H and O–H groups in total. The van der Waals surface area contributed by atoms with Gasteiger partial charge in [-0.25, -0.2) is 0 Å². The minimum absolute atomic E-state index is 0. The molecule has 17 heavy (non-hydrogen) atoms. The SMILES string of the molecule is [Cl-].[NH2+]=Nc1cc(C(F)(F)F)cc(C(F)(F)F)c1. The predicted octanol–water partition coefficient (Wildman–Crippen LogP) is -0.429. The first-order valence-electron chi connectivity index (χ1n) is 3.85. The van der Waals surface area contributed by atoms with E-state index in [1.807, 2.05) is 0 Å². The Morgan fingerprint density at radius 2 is 1.18 bits per heavy atom. The van der Waals surface area contributed by atoms with Crippen LogP contribution in [0.25, 0.3) is 0 Å². The number of rotatable bonds is 1. The molecule has 0 saturated carbocycles. The molecule has 0 bridgehead atoms. The van der Waals surface area contributed by atoms with Gasteiger partial charge >= 0.3 is 12.4 Å². The summed E-state index contributed by atoms with van der Waals surface area (Å²) >= 11 is 0. The zero-order chi connectivity index (χ0) is 12.6. The maximum Gasteiger partial charge on any atom is 0.416 e. The molecule has 1 rings (SSSR count). The van der Waals surface area contributed by atoms with E-state index in [9.17, 15) is 26.3 Å². The third kappa shape index (κ3) is 3.88. The first-order valence-corrected chi connectivity index (χ1v) is 3.85. The fourth-order valence-corrected chi connectivity index (χ4v) is 1.01. The monoisotopic (exact) mass is 278 g/mol. The Bertz CT molecular complexity index is 379. The average Bonchev–Trinajstić information content (AvgIpc) is 2.14. The number of benzene rings is 1. The van der Waals surface area contributed by atoms with Crippen molar-refractivity contribution >= 4 is 5.69 Å². The van der Waals surface area contributed by atoms with E-state index in [-0.39, 0.29) is 18.5 Å². The van der Waals surface area contributed by atoms with Crippen LogP contribution in [0, 0.1) is 0 Å². The van der Waals surface area contributed by atoms with Gasteiger partial charge in [-0.05, 0) is 23.3 Å². The van der Waals surface area contributed by atoms with Crippen LogP contribution in [0.1, 0.15) is 11.1 Å². The number of alkyl halides is 6. The van der Waals surface area contributed by atoms with Gasteiger partial charge in [-0.3, -0.25) is 0 Å². The molecule has 0 radical (unpaired) electrons. The van der Waals surface area contributed by atoms with E-state index in [2.05, 4.69) is 10.6 Å². The van der Waals surface area contributed by atoms with E-state index in [1.165, 1.54) is 0 Å². The van der Waals surface area contributed by atoms with Gasteiger partial charge < -0.3 is 12.4 Å². The Hall–Kier alpha value is -1.31. The molecule has 0 unspecified atom stereocenters. The highest BCUT2D eigenvalue weighted by Gasteiger charge is 2.37. The second-order valence-electron chi connectivity index (χ2n) is 2.89. The highest BCUT2D eigenvalue weighted by molar-refractivity contribution is 5.45. The summed E-state index contributed by atoms with van der Waals surface area (Å²) in [6.45, 7) is 0. The Balaban J connectivity index is 0.00000256. The fourth-order valence-electron chi connectivity index (χ4n) is 1.01. The third-order valence-corrected chi connectivity index (χ3v) is 1.72. The molecular weight excluding hydrogens is 274 g/mol. The number of nitrogens with two attached hydrogens (primary N) is 1. The van der Waals surface area contributed by atoms with Crippen LogP contribution in [0.4, 0.5) is 32.0 Å². The zero-order valence-corrected chi connectivity index (χ0v) is 8.66. The van der Waals surface area contributed by atoms with Crippen molar-refractivity contribution in [2.24, 2.45) is 5.11 Å². The van der Waals surface area contributed by atoms with Crippen molar-refractivity contribution in [1.29, 1.82) is 0 Å². The molecule has 9 heteroatoms. The number of hydrogen-bond donors (Lipinski definition) is 1. The highest BCUT2D eigenvalue weighted by Crippen LogP contribution is 2.37. The summed E-state index contributed by atoms with van der Waals surface area (Å²) in [6, 6.07) is 0.888. The molecule has 1 aromatic carbocycles. The molecule has 96 valence electrons. The molecule has 0 aromatic heterocycles. The first-order chi connectivity index (χ1) is 7.14. The zero-order valence-electron chi connectivity index (χ0n) is 7.90. The molecule has 1 aromatic rings. The minimum atomic E-state index is -4.87. The van der Waals surface area contributed by atoms with Crippen molar-refractivity contribution in [1.82, 2.24) is 0 Å². The summed E-state index contributed by atoms with van der Waals surface area (Å²) in [5, 5.41) is 2.82. The van der Waals surface area contributed by atoms with E-state index in [1.54, 1.807) is 0 Å². The van der Waals surface area contributed by atoms with E-state index >= 15 is 0 Å². The molecule has 0 atom stereocenters. The van der Waals surface area contributed by atoms with Crippen LogP contribution in [0.5, 0.6) is 0 Å². The van der Waals surface area contributed by atoms with Gasteiger partial charge in [0.15, 0.2) is 0 Å². The van der Waals surface area contributed by atoms with Crippen LogP contribution in [0.15, 0.2) is 23.3 Å². The number of nitrogens with zero attached hydrogens (tertiary/aromatic N) is 1. The maximum atomic E-state index is 12.2. The minimum Gasteiger partial charge on any atom is -1.00 e. The van der Waals surface area contributed by atoms with Crippen LogP contribution in [0.3, 0.4) is 0 Å². The lowest BCUT2D eigenvalue weighted by molar-refractivity contribution is -0.210. The molecule has 2 nitrogen and oxygen atoms in total. The highest BCUT2D eigenvalue weighted by atomic mass is 35.5. The van der Waals surface area contributed by atoms with Gasteiger partial charge in [0, 0.05) is 0 Å². The van der Waals surface area contributed by atoms with Crippen LogP contribution < -0.4 is 17.9 Å². The molecule has 0 saturated heterocycles. The summed E-state index contributed by atoms with van der Waals surface area (Å²) in [7, 11) is 0. The van der Waals surface area contributed by atoms with Crippen molar-refractivity contribution < 1.29 is 44.3 Å². The van der Waals surface area contributed by atoms with Crippen LogP contribution in [0.2, 0.25) is 0 Å². The lowest BCUT2D eigenvalue weighted by atomic mass is 10.1. The molecule has 0 spiro atoms. The number of halogens is 7. The van der Waals surface area contributed by atoms with E-state index in [4.69, 9.17) is 0 Å². The fraction of sp³-hybridized carbons (Fsp3) is 0.250. The van der Waals surface area contributed by atoms with E-state index in [0.29, 0.717) is 12.1 Å². The Kier molecular flexibility index (Phi) is 4.53. The van der Waals surface area contributed by atoms with Gasteiger partial charge in [-0.1, -0.05) is 0 Å². The van der Waals surface area contributed by atoms with Crippen LogP contribution >= 0.6 is 0 Å². The molecular formula is C8H5ClF6N2. The Labute approximate surface area is 97.5 Å². The predicted molar refractivity (Wildman–Crippen MR) is 40.5 cm³/mol. The van der Waals surface area contributed by atoms with Gasteiger partial charge in [-0.15, -0.1) is 0 Å². The van der Waals surface area contributed by atoms with Crippen LogP contribution in [-0.2, 0) is 12.4 Å². The topological polar surface area (TPSA) is 38.0 Å². The van der Waals surface area contributed by atoms with Gasteiger partial charge in [0.25, 0.3) is 0 Å². The second kappa shape index (κ2) is 4.91. The third-order valence-electron chi connectivity index (χ3n) is 1.72. The normalized spacial score (nSPS) is 11.9. The van der Waals surface area contributed by atoms with Crippen molar-refractivity contribution in [3.05, 3.63) is 29.3 Å². The Morgan fingerprint density at radius 3 is 1.41 bits per heavy atom. The van der Waals surface area contributed by atoms with Gasteiger partial charge in [0.05, 0.1) is 11.1 Å². The summed E-state index contributed by atoms with van der Waals surface area (Å²) in [5.41, 5.74) is 1.21. The maximum absolute atomic E-state index is 12.2. The molecule has 0 amide bonds. The van der Waals surface area contributed by atoms with Crippen molar-refractivity contribution in [3.8, 4) is 0 Å². The summed E-state index contributed by atoms with van der Waals surface area (Å²) in [5.74, 6) is 0. The lowest BCUT2D eigenvalue weighted by Crippen LogP contribution is -3.00. The van der Waals surface area contributed by atoms with Crippen molar-refractivity contribution in [2.45, 2.75) is 12.4 Å². The number of hydrogen-bond acceptors (Lipinski definition) is 1. The van der Waals surface area contributed by atoms with Crippen molar-refractivity contribution in [3.63, 3.8) is 0 Å². The van der Waals surface area contributed by atoms with Crippen molar-refractivity contribution in [2.75, 3.05) is 0 Å². The molecule has 0 aliphatic heterocycles. The van der Waals surface area contributed by atoms with E-state index in [0.717, 1.165) is 0 Å². The van der Waals surface area contributed by atoms with Gasteiger partial charge in [0.1, 0.15) is 5.69 Å². The Morgan fingerprint density at radius 1 is 0.824 bits per heavy atom. The molecule has 0 aliphatic rings. The van der Waals surface area contributed by atoms with Crippen LogP contribution in [-0.4, -0.2) is 0 Å². The molecule has 0 fully saturated rings. The quantitative estimate of drug-likeness (QED) is 0.535. The van der Waals surface area contributed by atoms with Gasteiger partial charge in [0.2, 0.25) is 0 Å². The second-order valence-corrected chi connectivity index (χ2v) is 2.89. The lowest BCUT2D eigenvalue weighted by Gasteiger charge is -2.11.